The normalized spacial score (nSPS) is 17.7. The molecule has 1 aromatic heterocycles. The number of carbonyl (C=O) groups excluding carboxylic acids is 3. The van der Waals surface area contributed by atoms with Crippen LogP contribution in [0, 0.1) is 6.92 Å². The number of hydrogen-bond donors (Lipinski definition) is 1. The number of ketones is 1. The smallest absolute Gasteiger partial charge is 0.345 e. The minimum Gasteiger partial charge on any atom is -0.507 e. The van der Waals surface area contributed by atoms with Crippen molar-refractivity contribution in [2.75, 3.05) is 0 Å². The van der Waals surface area contributed by atoms with Gasteiger partial charge in [0.1, 0.15) is 11.4 Å². The van der Waals surface area contributed by atoms with Crippen molar-refractivity contribution >= 4 is 29.6 Å². The first kappa shape index (κ1) is 28.3. The van der Waals surface area contributed by atoms with Crippen LogP contribution in [-0.2, 0) is 16.0 Å². The number of Topliss-reactive ketones (excluding diaryl/α,β-unsaturated/α-hetero) is 1. The van der Waals surface area contributed by atoms with E-state index in [1.807, 2.05) is 19.9 Å². The molecule has 1 fully saturated rings. The van der Waals surface area contributed by atoms with E-state index in [0.29, 0.717) is 18.3 Å². The Morgan fingerprint density at radius 3 is 2.65 bits per heavy atom. The molecular weight excluding hydrogens is 494 g/mol. The quantitative estimate of drug-likeness (QED) is 0.182. The molecule has 1 unspecified atom stereocenters. The van der Waals surface area contributed by atoms with Gasteiger partial charge in [0.05, 0.1) is 22.3 Å². The second-order valence-electron chi connectivity index (χ2n) is 9.74. The van der Waals surface area contributed by atoms with Crippen LogP contribution < -0.4 is 4.74 Å². The van der Waals surface area contributed by atoms with E-state index in [2.05, 4.69) is 11.1 Å². The molecule has 2 aromatic rings. The SMILES string of the molecule is C/C(=C/Cc1c(O)c(C=O)c(C)c(Cl)c1OC(=O)c1cccnc1)CC/C=C(/C)C1CC(=O)C(C)(C)O1. The minimum atomic E-state index is -0.745. The van der Waals surface area contributed by atoms with E-state index in [0.717, 1.165) is 24.0 Å². The fourth-order valence-electron chi connectivity index (χ4n) is 4.11. The molecule has 0 radical (unpaired) electrons. The van der Waals surface area contributed by atoms with Gasteiger partial charge in [-0.2, -0.15) is 0 Å². The van der Waals surface area contributed by atoms with Gasteiger partial charge in [-0.25, -0.2) is 4.79 Å². The molecule has 7 nitrogen and oxygen atoms in total. The number of aldehydes is 1. The molecule has 196 valence electrons. The van der Waals surface area contributed by atoms with Crippen LogP contribution in [0.15, 0.2) is 47.8 Å². The fraction of sp³-hybridized carbons (Fsp3) is 0.379. The molecule has 1 saturated heterocycles. The van der Waals surface area contributed by atoms with Crippen LogP contribution in [0.1, 0.15) is 78.8 Å². The number of carbonyl (C=O) groups is 3. The third kappa shape index (κ3) is 6.53. The number of nitrogens with zero attached hydrogens (tertiary/aromatic N) is 1. The molecule has 1 atom stereocenters. The molecule has 0 amide bonds. The Kier molecular flexibility index (Phi) is 9.05. The van der Waals surface area contributed by atoms with Gasteiger partial charge in [0, 0.05) is 24.4 Å². The van der Waals surface area contributed by atoms with Gasteiger partial charge in [-0.3, -0.25) is 14.6 Å². The molecule has 1 N–H and O–H groups in total. The van der Waals surface area contributed by atoms with Gasteiger partial charge in [-0.15, -0.1) is 0 Å². The molecular formula is C29H32ClNO6. The first-order chi connectivity index (χ1) is 17.5. The molecule has 3 rings (SSSR count). The molecule has 2 heterocycles. The van der Waals surface area contributed by atoms with Gasteiger partial charge in [-0.05, 0) is 77.2 Å². The highest BCUT2D eigenvalue weighted by molar-refractivity contribution is 6.33. The number of rotatable bonds is 9. The Bertz CT molecular complexity index is 1260. The topological polar surface area (TPSA) is 103 Å². The van der Waals surface area contributed by atoms with Crippen molar-refractivity contribution in [2.45, 2.75) is 72.0 Å². The molecule has 0 saturated carbocycles. The van der Waals surface area contributed by atoms with Crippen LogP contribution in [0.3, 0.4) is 0 Å². The lowest BCUT2D eigenvalue weighted by molar-refractivity contribution is -0.129. The summed E-state index contributed by atoms with van der Waals surface area (Å²) in [6.45, 7) is 9.09. The lowest BCUT2D eigenvalue weighted by Crippen LogP contribution is -2.27. The Hall–Kier alpha value is -3.29. The lowest BCUT2D eigenvalue weighted by atomic mass is 9.98. The average Bonchev–Trinajstić information content (AvgIpc) is 3.15. The van der Waals surface area contributed by atoms with E-state index in [1.54, 1.807) is 32.9 Å². The highest BCUT2D eigenvalue weighted by Gasteiger charge is 2.40. The number of aromatic nitrogens is 1. The number of pyridine rings is 1. The summed E-state index contributed by atoms with van der Waals surface area (Å²) in [4.78, 5) is 40.3. The van der Waals surface area contributed by atoms with Crippen molar-refractivity contribution in [1.82, 2.24) is 4.98 Å². The number of phenols is 1. The highest BCUT2D eigenvalue weighted by atomic mass is 35.5. The summed E-state index contributed by atoms with van der Waals surface area (Å²) in [5.41, 5.74) is 2.16. The second-order valence-corrected chi connectivity index (χ2v) is 10.1. The second kappa shape index (κ2) is 11.8. The minimum absolute atomic E-state index is 0.0153. The number of phenolic OH excluding ortho intramolecular Hbond substituents is 1. The standard InChI is InChI=1S/C29H32ClNO6/c1-17(8-6-9-18(2)23-14-24(33)29(4,5)37-23)11-12-21-26(34)22(16-32)19(3)25(30)27(21)36-28(35)20-10-7-13-31-15-20/h7,9-11,13,15-16,23,34H,6,8,12,14H2,1-5H3/b17-11-,18-9-. The van der Waals surface area contributed by atoms with E-state index in [-0.39, 0.29) is 51.5 Å². The summed E-state index contributed by atoms with van der Waals surface area (Å²) < 4.78 is 11.5. The number of allylic oxidation sites excluding steroid dienone is 3. The van der Waals surface area contributed by atoms with Gasteiger partial charge in [0.2, 0.25) is 0 Å². The van der Waals surface area contributed by atoms with Crippen LogP contribution >= 0.6 is 11.6 Å². The van der Waals surface area contributed by atoms with Crippen LogP contribution in [0.5, 0.6) is 11.5 Å². The molecule has 37 heavy (non-hydrogen) atoms. The summed E-state index contributed by atoms with van der Waals surface area (Å²) in [5, 5.41) is 10.9. The number of benzene rings is 1. The number of hydrogen-bond acceptors (Lipinski definition) is 7. The van der Waals surface area contributed by atoms with Crippen molar-refractivity contribution in [1.29, 1.82) is 0 Å². The Labute approximate surface area is 222 Å². The van der Waals surface area contributed by atoms with Gasteiger partial charge in [-0.1, -0.05) is 29.3 Å². The molecule has 1 aliphatic rings. The summed E-state index contributed by atoms with van der Waals surface area (Å²) in [7, 11) is 0. The van der Waals surface area contributed by atoms with E-state index in [9.17, 15) is 19.5 Å². The molecule has 0 bridgehead atoms. The Morgan fingerprint density at radius 1 is 1.32 bits per heavy atom. The maximum absolute atomic E-state index is 12.7. The van der Waals surface area contributed by atoms with Crippen LogP contribution in [0.4, 0.5) is 0 Å². The zero-order valence-corrected chi connectivity index (χ0v) is 22.5. The summed E-state index contributed by atoms with van der Waals surface area (Å²) in [6, 6.07) is 3.17. The number of halogens is 1. The third-order valence-electron chi connectivity index (χ3n) is 6.60. The number of aromatic hydroxyl groups is 1. The van der Waals surface area contributed by atoms with Gasteiger partial charge in [0.15, 0.2) is 17.8 Å². The van der Waals surface area contributed by atoms with Crippen molar-refractivity contribution < 1.29 is 29.0 Å². The molecule has 8 heteroatoms. The van der Waals surface area contributed by atoms with Crippen LogP contribution in [0.2, 0.25) is 5.02 Å². The lowest BCUT2D eigenvalue weighted by Gasteiger charge is -2.18. The van der Waals surface area contributed by atoms with E-state index >= 15 is 0 Å². The zero-order valence-electron chi connectivity index (χ0n) is 21.8. The molecule has 0 spiro atoms. The van der Waals surface area contributed by atoms with Crippen molar-refractivity contribution in [3.63, 3.8) is 0 Å². The average molecular weight is 526 g/mol. The zero-order chi connectivity index (χ0) is 27.3. The van der Waals surface area contributed by atoms with E-state index in [1.165, 1.54) is 12.4 Å². The van der Waals surface area contributed by atoms with Gasteiger partial charge in [0.25, 0.3) is 0 Å². The van der Waals surface area contributed by atoms with Gasteiger partial charge < -0.3 is 14.6 Å². The first-order valence-electron chi connectivity index (χ1n) is 12.1. The predicted molar refractivity (Wildman–Crippen MR) is 141 cm³/mol. The van der Waals surface area contributed by atoms with Gasteiger partial charge >= 0.3 is 5.97 Å². The number of ether oxygens (including phenoxy) is 2. The molecule has 1 aliphatic heterocycles. The molecule has 1 aromatic carbocycles. The largest absolute Gasteiger partial charge is 0.507 e. The van der Waals surface area contributed by atoms with Crippen molar-refractivity contribution in [3.05, 3.63) is 75.1 Å². The third-order valence-corrected chi connectivity index (χ3v) is 7.06. The summed E-state index contributed by atoms with van der Waals surface area (Å²) >= 11 is 6.48. The molecule has 0 aliphatic carbocycles. The number of esters is 1. The van der Waals surface area contributed by atoms with Crippen molar-refractivity contribution in [3.8, 4) is 11.5 Å². The maximum Gasteiger partial charge on any atom is 0.345 e. The monoisotopic (exact) mass is 525 g/mol. The van der Waals surface area contributed by atoms with Crippen molar-refractivity contribution in [2.24, 2.45) is 0 Å². The van der Waals surface area contributed by atoms with Crippen LogP contribution in [0.25, 0.3) is 0 Å². The fourth-order valence-corrected chi connectivity index (χ4v) is 4.37. The first-order valence-corrected chi connectivity index (χ1v) is 12.5. The maximum atomic E-state index is 12.7. The summed E-state index contributed by atoms with van der Waals surface area (Å²) in [5.74, 6) is -0.823. The Balaban J connectivity index is 1.77. The highest BCUT2D eigenvalue weighted by Crippen LogP contribution is 2.42. The summed E-state index contributed by atoms with van der Waals surface area (Å²) in [6.07, 6.45) is 9.28. The Morgan fingerprint density at radius 2 is 2.05 bits per heavy atom. The van der Waals surface area contributed by atoms with Crippen LogP contribution in [-0.4, -0.2) is 39.8 Å². The van der Waals surface area contributed by atoms with E-state index in [4.69, 9.17) is 21.1 Å². The van der Waals surface area contributed by atoms with E-state index < -0.39 is 11.6 Å². The predicted octanol–water partition coefficient (Wildman–Crippen LogP) is 6.13.